The molecule has 2 bridgehead atoms. The van der Waals surface area contributed by atoms with Crippen LogP contribution in [0.15, 0.2) is 0 Å². The summed E-state index contributed by atoms with van der Waals surface area (Å²) in [5, 5.41) is 12.6. The molecule has 2 aliphatic heterocycles. The maximum absolute atomic E-state index is 11.3. The van der Waals surface area contributed by atoms with Crippen molar-refractivity contribution in [1.82, 2.24) is 10.2 Å². The van der Waals surface area contributed by atoms with Gasteiger partial charge in [0.05, 0.1) is 18.2 Å². The van der Waals surface area contributed by atoms with Crippen LogP contribution < -0.4 is 5.32 Å². The molecule has 2 unspecified atom stereocenters. The van der Waals surface area contributed by atoms with Crippen LogP contribution >= 0.6 is 0 Å². The molecule has 3 rings (SSSR count). The number of nitrogens with zero attached hydrogens (tertiary/aromatic N) is 1. The minimum atomic E-state index is -0.789. The topological polar surface area (TPSA) is 61.8 Å². The van der Waals surface area contributed by atoms with Crippen molar-refractivity contribution in [3.05, 3.63) is 0 Å². The second-order valence-corrected chi connectivity index (χ2v) is 5.21. The molecule has 16 heavy (non-hydrogen) atoms. The molecule has 90 valence electrons. The minimum absolute atomic E-state index is 0.147. The molecular weight excluding hydrogens is 208 g/mol. The molecule has 0 aromatic rings. The Bertz CT molecular complexity index is 302. The largest absolute Gasteiger partial charge is 0.465 e. The highest BCUT2D eigenvalue weighted by Gasteiger charge is 2.52. The normalized spacial score (nSPS) is 37.8. The van der Waals surface area contributed by atoms with Crippen molar-refractivity contribution in [3.63, 3.8) is 0 Å². The number of hydrogen-bond donors (Lipinski definition) is 2. The van der Waals surface area contributed by atoms with Gasteiger partial charge in [-0.2, -0.15) is 0 Å². The lowest BCUT2D eigenvalue weighted by Gasteiger charge is -2.43. The fourth-order valence-corrected chi connectivity index (χ4v) is 2.97. The highest BCUT2D eigenvalue weighted by Crippen LogP contribution is 2.38. The van der Waals surface area contributed by atoms with Crippen LogP contribution in [0, 0.1) is 0 Å². The first-order valence-electron chi connectivity index (χ1n) is 6.06. The van der Waals surface area contributed by atoms with E-state index in [0.29, 0.717) is 12.7 Å². The van der Waals surface area contributed by atoms with E-state index in [-0.39, 0.29) is 11.6 Å². The molecule has 0 radical (unpaired) electrons. The third-order valence-electron chi connectivity index (χ3n) is 3.97. The smallest absolute Gasteiger partial charge is 0.408 e. The molecule has 0 aromatic heterocycles. The van der Waals surface area contributed by atoms with Gasteiger partial charge in [0.1, 0.15) is 0 Å². The average molecular weight is 226 g/mol. The lowest BCUT2D eigenvalue weighted by Crippen LogP contribution is -2.64. The molecule has 2 N–H and O–H groups in total. The van der Waals surface area contributed by atoms with Crippen LogP contribution in [0.4, 0.5) is 4.79 Å². The van der Waals surface area contributed by atoms with Crippen LogP contribution in [0.5, 0.6) is 0 Å². The molecule has 1 aliphatic carbocycles. The predicted octanol–water partition coefficient (Wildman–Crippen LogP) is 0.650. The molecule has 5 nitrogen and oxygen atoms in total. The van der Waals surface area contributed by atoms with E-state index in [4.69, 9.17) is 4.74 Å². The van der Waals surface area contributed by atoms with Gasteiger partial charge in [-0.05, 0) is 25.7 Å². The first kappa shape index (κ1) is 10.4. The maximum atomic E-state index is 11.3. The molecule has 0 aromatic carbocycles. The summed E-state index contributed by atoms with van der Waals surface area (Å²) in [5.74, 6) is 0. The van der Waals surface area contributed by atoms with Crippen molar-refractivity contribution in [2.45, 2.75) is 43.4 Å². The quantitative estimate of drug-likeness (QED) is 0.741. The van der Waals surface area contributed by atoms with Gasteiger partial charge in [0.2, 0.25) is 0 Å². The van der Waals surface area contributed by atoms with Crippen molar-refractivity contribution < 1.29 is 14.6 Å². The Hall–Kier alpha value is -0.810. The van der Waals surface area contributed by atoms with Crippen LogP contribution in [0.1, 0.15) is 25.7 Å². The summed E-state index contributed by atoms with van der Waals surface area (Å²) >= 11 is 0. The number of nitrogens with one attached hydrogen (secondary N) is 1. The van der Waals surface area contributed by atoms with Crippen molar-refractivity contribution in [2.75, 3.05) is 19.7 Å². The van der Waals surface area contributed by atoms with Crippen LogP contribution in [0.25, 0.3) is 0 Å². The lowest BCUT2D eigenvalue weighted by atomic mass is 9.97. The third kappa shape index (κ3) is 1.58. The van der Waals surface area contributed by atoms with Gasteiger partial charge in [0, 0.05) is 19.1 Å². The van der Waals surface area contributed by atoms with E-state index >= 15 is 0 Å². The number of amides is 1. The summed E-state index contributed by atoms with van der Waals surface area (Å²) in [7, 11) is 0. The van der Waals surface area contributed by atoms with Gasteiger partial charge in [-0.25, -0.2) is 4.79 Å². The summed E-state index contributed by atoms with van der Waals surface area (Å²) in [5.41, 5.74) is -0.294. The summed E-state index contributed by atoms with van der Waals surface area (Å²) in [6.45, 7) is 2.09. The van der Waals surface area contributed by atoms with E-state index in [1.807, 2.05) is 0 Å². The number of carbonyl (C=O) groups is 1. The Labute approximate surface area is 94.8 Å². The number of fused-ring (bicyclic) bond motifs is 2. The average Bonchev–Trinajstić information content (AvgIpc) is 3.03. The fourth-order valence-electron chi connectivity index (χ4n) is 2.97. The van der Waals surface area contributed by atoms with Crippen molar-refractivity contribution in [1.29, 1.82) is 0 Å². The Morgan fingerprint density at radius 1 is 1.50 bits per heavy atom. The Morgan fingerprint density at radius 3 is 3.00 bits per heavy atom. The van der Waals surface area contributed by atoms with E-state index in [1.165, 1.54) is 0 Å². The zero-order valence-electron chi connectivity index (χ0n) is 9.32. The number of hydrogen-bond acceptors (Lipinski definition) is 3. The van der Waals surface area contributed by atoms with Crippen LogP contribution in [-0.4, -0.2) is 53.5 Å². The maximum Gasteiger partial charge on any atom is 0.408 e. The molecule has 2 atom stereocenters. The van der Waals surface area contributed by atoms with Gasteiger partial charge >= 0.3 is 6.09 Å². The SMILES string of the molecule is O=C(O)N1C2CCC1(COC1CC1)CNC2. The number of carboxylic acid groups (broad SMARTS) is 1. The van der Waals surface area contributed by atoms with E-state index < -0.39 is 6.09 Å². The van der Waals surface area contributed by atoms with Gasteiger partial charge in [0.25, 0.3) is 0 Å². The zero-order chi connectivity index (χ0) is 11.2. The molecular formula is C11H18N2O3. The number of ether oxygens (including phenoxy) is 1. The second kappa shape index (κ2) is 3.60. The van der Waals surface area contributed by atoms with E-state index in [1.54, 1.807) is 4.90 Å². The highest BCUT2D eigenvalue weighted by molar-refractivity contribution is 5.67. The Balaban J connectivity index is 1.75. The van der Waals surface area contributed by atoms with Crippen molar-refractivity contribution in [3.8, 4) is 0 Å². The zero-order valence-corrected chi connectivity index (χ0v) is 9.32. The Kier molecular flexibility index (Phi) is 2.33. The van der Waals surface area contributed by atoms with Crippen LogP contribution in [0.2, 0.25) is 0 Å². The second-order valence-electron chi connectivity index (χ2n) is 5.21. The minimum Gasteiger partial charge on any atom is -0.465 e. The van der Waals surface area contributed by atoms with E-state index in [2.05, 4.69) is 5.32 Å². The highest BCUT2D eigenvalue weighted by atomic mass is 16.5. The van der Waals surface area contributed by atoms with Crippen molar-refractivity contribution >= 4 is 6.09 Å². The molecule has 2 saturated heterocycles. The third-order valence-corrected chi connectivity index (χ3v) is 3.97. The lowest BCUT2D eigenvalue weighted by molar-refractivity contribution is -0.0112. The summed E-state index contributed by atoms with van der Waals surface area (Å²) < 4.78 is 5.75. The Morgan fingerprint density at radius 2 is 2.31 bits per heavy atom. The van der Waals surface area contributed by atoms with Crippen molar-refractivity contribution in [2.24, 2.45) is 0 Å². The molecule has 0 spiro atoms. The van der Waals surface area contributed by atoms with E-state index in [0.717, 1.165) is 38.8 Å². The van der Waals surface area contributed by atoms with Gasteiger partial charge in [0.15, 0.2) is 0 Å². The molecule has 1 saturated carbocycles. The standard InChI is InChI=1S/C11H18N2O3/c14-10(15)13-8-3-4-11(13,6-12-5-8)7-16-9-1-2-9/h8-9,12H,1-7H2,(H,14,15). The molecule has 5 heteroatoms. The van der Waals surface area contributed by atoms with Gasteiger partial charge in [-0.15, -0.1) is 0 Å². The van der Waals surface area contributed by atoms with Gasteiger partial charge in [-0.1, -0.05) is 0 Å². The first-order valence-corrected chi connectivity index (χ1v) is 6.06. The molecule has 3 aliphatic rings. The van der Waals surface area contributed by atoms with Gasteiger partial charge < -0.3 is 15.2 Å². The monoisotopic (exact) mass is 226 g/mol. The predicted molar refractivity (Wildman–Crippen MR) is 57.5 cm³/mol. The molecule has 3 fully saturated rings. The fraction of sp³-hybridized carbons (Fsp3) is 0.909. The summed E-state index contributed by atoms with van der Waals surface area (Å²) in [6, 6.07) is 0.147. The van der Waals surface area contributed by atoms with E-state index in [9.17, 15) is 9.90 Å². The molecule has 1 amide bonds. The number of piperazine rings is 1. The summed E-state index contributed by atoms with van der Waals surface area (Å²) in [6.07, 6.45) is 3.78. The summed E-state index contributed by atoms with van der Waals surface area (Å²) in [4.78, 5) is 13.0. The molecule has 2 heterocycles. The van der Waals surface area contributed by atoms with Crippen LogP contribution in [0.3, 0.4) is 0 Å². The first-order chi connectivity index (χ1) is 7.71. The van der Waals surface area contributed by atoms with Crippen LogP contribution in [-0.2, 0) is 4.74 Å². The number of rotatable bonds is 3. The van der Waals surface area contributed by atoms with Gasteiger partial charge in [-0.3, -0.25) is 4.90 Å².